The maximum absolute atomic E-state index is 6.36. The van der Waals surface area contributed by atoms with Crippen molar-refractivity contribution in [3.05, 3.63) is 76.5 Å². The highest BCUT2D eigenvalue weighted by atomic mass is 79.9. The number of nitrogens with zero attached hydrogens (tertiary/aromatic N) is 3. The van der Waals surface area contributed by atoms with Crippen LogP contribution in [-0.4, -0.2) is 15.0 Å². The van der Waals surface area contributed by atoms with Gasteiger partial charge >= 0.3 is 0 Å². The van der Waals surface area contributed by atoms with Crippen molar-refractivity contribution in [3.8, 4) is 5.69 Å². The normalized spacial score (nSPS) is 12.3. The zero-order chi connectivity index (χ0) is 14.7. The molecule has 0 radical (unpaired) electrons. The summed E-state index contributed by atoms with van der Waals surface area (Å²) in [7, 11) is 0. The molecular weight excluding hydrogens is 328 g/mol. The van der Waals surface area contributed by atoms with Crippen LogP contribution in [0.4, 0.5) is 0 Å². The predicted molar refractivity (Wildman–Crippen MR) is 86.1 cm³/mol. The van der Waals surface area contributed by atoms with Crippen LogP contribution in [-0.2, 0) is 6.42 Å². The predicted octanol–water partition coefficient (Wildman–Crippen LogP) is 3.27. The molecule has 5 heteroatoms. The second kappa shape index (κ2) is 6.20. The second-order valence-corrected chi connectivity index (χ2v) is 5.66. The van der Waals surface area contributed by atoms with E-state index in [4.69, 9.17) is 5.73 Å². The summed E-state index contributed by atoms with van der Waals surface area (Å²) in [5, 5.41) is 8.15. The number of halogens is 1. The van der Waals surface area contributed by atoms with E-state index in [1.54, 1.807) is 10.9 Å². The Bertz CT molecular complexity index is 724. The van der Waals surface area contributed by atoms with Gasteiger partial charge in [0.1, 0.15) is 0 Å². The fourth-order valence-corrected chi connectivity index (χ4v) is 2.72. The number of aromatic nitrogens is 3. The lowest BCUT2D eigenvalue weighted by atomic mass is 10.0. The van der Waals surface area contributed by atoms with Crippen molar-refractivity contribution in [2.24, 2.45) is 5.73 Å². The van der Waals surface area contributed by atoms with Gasteiger partial charge in [0.25, 0.3) is 0 Å². The average Bonchev–Trinajstić information content (AvgIpc) is 3.00. The zero-order valence-electron chi connectivity index (χ0n) is 11.4. The molecule has 0 spiro atoms. The Hall–Kier alpha value is -1.98. The minimum atomic E-state index is -0.168. The van der Waals surface area contributed by atoms with E-state index < -0.39 is 0 Å². The average molecular weight is 343 g/mol. The Morgan fingerprint density at radius 1 is 1.05 bits per heavy atom. The van der Waals surface area contributed by atoms with E-state index in [-0.39, 0.29) is 6.04 Å². The summed E-state index contributed by atoms with van der Waals surface area (Å²) in [6.07, 6.45) is 2.45. The minimum absolute atomic E-state index is 0.168. The quantitative estimate of drug-likeness (QED) is 0.791. The number of hydrogen-bond acceptors (Lipinski definition) is 3. The fraction of sp³-hybridized carbons (Fsp3) is 0.125. The third kappa shape index (κ3) is 3.04. The van der Waals surface area contributed by atoms with E-state index in [0.717, 1.165) is 22.3 Å². The first-order valence-electron chi connectivity index (χ1n) is 6.70. The smallest absolute Gasteiger partial charge is 0.0816 e. The molecule has 1 atom stereocenters. The lowest BCUT2D eigenvalue weighted by Gasteiger charge is -2.14. The summed E-state index contributed by atoms with van der Waals surface area (Å²) in [6.45, 7) is 0. The van der Waals surface area contributed by atoms with Crippen LogP contribution in [0.5, 0.6) is 0 Å². The highest BCUT2D eigenvalue weighted by Crippen LogP contribution is 2.23. The molecule has 0 saturated heterocycles. The molecule has 3 rings (SSSR count). The Labute approximate surface area is 131 Å². The van der Waals surface area contributed by atoms with Crippen molar-refractivity contribution in [3.63, 3.8) is 0 Å². The topological polar surface area (TPSA) is 56.7 Å². The molecule has 1 heterocycles. The molecule has 1 aromatic heterocycles. The number of rotatable bonds is 4. The van der Waals surface area contributed by atoms with E-state index in [2.05, 4.69) is 32.3 Å². The first kappa shape index (κ1) is 14.0. The molecular formula is C16H15BrN4. The van der Waals surface area contributed by atoms with E-state index in [1.807, 2.05) is 48.5 Å². The van der Waals surface area contributed by atoms with E-state index >= 15 is 0 Å². The Kier molecular flexibility index (Phi) is 4.13. The van der Waals surface area contributed by atoms with Gasteiger partial charge in [-0.2, -0.15) is 0 Å². The van der Waals surface area contributed by atoms with Gasteiger partial charge in [0.05, 0.1) is 23.6 Å². The van der Waals surface area contributed by atoms with Crippen molar-refractivity contribution < 1.29 is 0 Å². The molecule has 0 fully saturated rings. The molecule has 3 aromatic rings. The maximum atomic E-state index is 6.36. The molecule has 1 unspecified atom stereocenters. The lowest BCUT2D eigenvalue weighted by Crippen LogP contribution is -2.18. The van der Waals surface area contributed by atoms with Crippen LogP contribution in [0, 0.1) is 0 Å². The molecule has 0 bridgehead atoms. The first-order valence-corrected chi connectivity index (χ1v) is 7.50. The molecule has 106 valence electrons. The molecule has 4 nitrogen and oxygen atoms in total. The lowest BCUT2D eigenvalue weighted by molar-refractivity contribution is 0.648. The van der Waals surface area contributed by atoms with Gasteiger partial charge in [-0.15, -0.1) is 5.10 Å². The van der Waals surface area contributed by atoms with Gasteiger partial charge in [-0.1, -0.05) is 57.5 Å². The summed E-state index contributed by atoms with van der Waals surface area (Å²) < 4.78 is 2.86. The van der Waals surface area contributed by atoms with Crippen LogP contribution in [0.15, 0.2) is 65.3 Å². The van der Waals surface area contributed by atoms with Gasteiger partial charge in [0.2, 0.25) is 0 Å². The first-order chi connectivity index (χ1) is 10.3. The minimum Gasteiger partial charge on any atom is -0.322 e. The van der Waals surface area contributed by atoms with Gasteiger partial charge in [-0.05, 0) is 30.2 Å². The van der Waals surface area contributed by atoms with Crippen LogP contribution in [0.1, 0.15) is 17.3 Å². The van der Waals surface area contributed by atoms with Crippen molar-refractivity contribution >= 4 is 15.9 Å². The van der Waals surface area contributed by atoms with Gasteiger partial charge in [-0.3, -0.25) is 0 Å². The number of nitrogens with two attached hydrogens (primary N) is 1. The molecule has 0 aliphatic heterocycles. The van der Waals surface area contributed by atoms with Gasteiger partial charge in [-0.25, -0.2) is 4.68 Å². The van der Waals surface area contributed by atoms with Crippen LogP contribution in [0.3, 0.4) is 0 Å². The third-order valence-electron chi connectivity index (χ3n) is 3.35. The second-order valence-electron chi connectivity index (χ2n) is 4.81. The molecule has 21 heavy (non-hydrogen) atoms. The molecule has 0 aliphatic rings. The Balaban J connectivity index is 1.88. The third-order valence-corrected chi connectivity index (χ3v) is 4.13. The Morgan fingerprint density at radius 2 is 1.76 bits per heavy atom. The largest absolute Gasteiger partial charge is 0.322 e. The summed E-state index contributed by atoms with van der Waals surface area (Å²) in [6, 6.07) is 17.8. The summed E-state index contributed by atoms with van der Waals surface area (Å²) >= 11 is 3.56. The zero-order valence-corrected chi connectivity index (χ0v) is 12.9. The van der Waals surface area contributed by atoms with Crippen molar-refractivity contribution in [1.29, 1.82) is 0 Å². The van der Waals surface area contributed by atoms with Crippen LogP contribution < -0.4 is 5.73 Å². The van der Waals surface area contributed by atoms with Crippen molar-refractivity contribution in [1.82, 2.24) is 15.0 Å². The van der Waals surface area contributed by atoms with Crippen molar-refractivity contribution in [2.75, 3.05) is 0 Å². The maximum Gasteiger partial charge on any atom is 0.0816 e. The van der Waals surface area contributed by atoms with Crippen LogP contribution in [0.25, 0.3) is 5.69 Å². The highest BCUT2D eigenvalue weighted by Gasteiger charge is 2.15. The molecule has 2 N–H and O–H groups in total. The monoisotopic (exact) mass is 342 g/mol. The Morgan fingerprint density at radius 3 is 2.52 bits per heavy atom. The number of benzene rings is 2. The van der Waals surface area contributed by atoms with Crippen LogP contribution >= 0.6 is 15.9 Å². The van der Waals surface area contributed by atoms with Gasteiger partial charge < -0.3 is 5.73 Å². The number of para-hydroxylation sites is 1. The summed E-state index contributed by atoms with van der Waals surface area (Å²) in [5.41, 5.74) is 9.39. The van der Waals surface area contributed by atoms with Crippen molar-refractivity contribution in [2.45, 2.75) is 12.5 Å². The van der Waals surface area contributed by atoms with E-state index in [9.17, 15) is 0 Å². The van der Waals surface area contributed by atoms with Crippen LogP contribution in [0.2, 0.25) is 0 Å². The SMILES string of the molecule is NC(Cc1ccccc1Br)c1cnnn1-c1ccccc1. The molecule has 0 saturated carbocycles. The van der Waals surface area contributed by atoms with Gasteiger partial charge in [0, 0.05) is 4.47 Å². The molecule has 2 aromatic carbocycles. The standard InChI is InChI=1S/C16H15BrN4/c17-14-9-5-4-6-12(14)10-15(18)16-11-19-20-21(16)13-7-2-1-3-8-13/h1-9,11,15H,10,18H2. The molecule has 0 amide bonds. The summed E-state index contributed by atoms with van der Waals surface area (Å²) in [4.78, 5) is 0. The highest BCUT2D eigenvalue weighted by molar-refractivity contribution is 9.10. The number of hydrogen-bond donors (Lipinski definition) is 1. The summed E-state index contributed by atoms with van der Waals surface area (Å²) in [5.74, 6) is 0. The van der Waals surface area contributed by atoms with E-state index in [1.165, 1.54) is 5.56 Å². The fourth-order valence-electron chi connectivity index (χ4n) is 2.27. The molecule has 0 aliphatic carbocycles. The van der Waals surface area contributed by atoms with Gasteiger partial charge in [0.15, 0.2) is 0 Å². The van der Waals surface area contributed by atoms with E-state index in [0.29, 0.717) is 0 Å².